The number of ether oxygens (including phenoxy) is 2. The zero-order valence-electron chi connectivity index (χ0n) is 15.8. The standard InChI is InChI=1S/C20H19F2N5O3/c21-20(22)30-16-7-5-15(6-8-16)27-12-17(25-26-27)19(28)24-14-3-1-13(2-4-14)18-11-23-9-10-29-18/h1-8,12,18,20,23H,9-11H2,(H,24,28)/t18-/m1/s1. The van der Waals surface area contributed by atoms with Gasteiger partial charge in [0.1, 0.15) is 5.75 Å². The number of hydrogen-bond donors (Lipinski definition) is 2. The smallest absolute Gasteiger partial charge is 0.387 e. The molecule has 2 aromatic carbocycles. The number of halogens is 2. The minimum absolute atomic E-state index is 0.000817. The number of alkyl halides is 2. The third-order valence-electron chi connectivity index (χ3n) is 4.52. The first kappa shape index (κ1) is 19.9. The van der Waals surface area contributed by atoms with Gasteiger partial charge in [0.05, 0.1) is 24.6 Å². The molecule has 4 rings (SSSR count). The number of morpholine rings is 1. The molecule has 0 radical (unpaired) electrons. The molecule has 0 bridgehead atoms. The van der Waals surface area contributed by atoms with Gasteiger partial charge in [-0.3, -0.25) is 4.79 Å². The molecule has 1 amide bonds. The van der Waals surface area contributed by atoms with Crippen LogP contribution in [0.3, 0.4) is 0 Å². The topological polar surface area (TPSA) is 90.3 Å². The highest BCUT2D eigenvalue weighted by Gasteiger charge is 2.16. The van der Waals surface area contributed by atoms with Gasteiger partial charge in [-0.15, -0.1) is 5.10 Å². The van der Waals surface area contributed by atoms with Gasteiger partial charge in [-0.25, -0.2) is 4.68 Å². The minimum atomic E-state index is -2.89. The van der Waals surface area contributed by atoms with Gasteiger partial charge in [-0.2, -0.15) is 8.78 Å². The van der Waals surface area contributed by atoms with Crippen LogP contribution in [0.25, 0.3) is 5.69 Å². The molecule has 1 aliphatic rings. The van der Waals surface area contributed by atoms with E-state index in [0.29, 0.717) is 18.0 Å². The normalized spacial score (nSPS) is 16.4. The minimum Gasteiger partial charge on any atom is -0.435 e. The molecule has 8 nitrogen and oxygen atoms in total. The maximum atomic E-state index is 12.5. The molecule has 30 heavy (non-hydrogen) atoms. The van der Waals surface area contributed by atoms with E-state index in [1.807, 2.05) is 12.1 Å². The molecule has 0 unspecified atom stereocenters. The lowest BCUT2D eigenvalue weighted by Gasteiger charge is -2.24. The summed E-state index contributed by atoms with van der Waals surface area (Å²) in [4.78, 5) is 12.5. The van der Waals surface area contributed by atoms with Crippen molar-refractivity contribution in [1.82, 2.24) is 20.3 Å². The third kappa shape index (κ3) is 4.78. The molecule has 0 saturated carbocycles. The average molecular weight is 415 g/mol. The lowest BCUT2D eigenvalue weighted by molar-refractivity contribution is -0.0498. The monoisotopic (exact) mass is 415 g/mol. The van der Waals surface area contributed by atoms with E-state index in [9.17, 15) is 13.6 Å². The molecule has 1 aliphatic heterocycles. The summed E-state index contributed by atoms with van der Waals surface area (Å²) < 4.78 is 35.8. The van der Waals surface area contributed by atoms with E-state index < -0.39 is 12.5 Å². The maximum absolute atomic E-state index is 12.5. The molecule has 1 saturated heterocycles. The Kier molecular flexibility index (Phi) is 5.96. The molecule has 156 valence electrons. The molecule has 3 aromatic rings. The number of rotatable bonds is 6. The van der Waals surface area contributed by atoms with Gasteiger partial charge < -0.3 is 20.1 Å². The highest BCUT2D eigenvalue weighted by Crippen LogP contribution is 2.21. The van der Waals surface area contributed by atoms with Gasteiger partial charge >= 0.3 is 6.61 Å². The molecule has 1 atom stereocenters. The van der Waals surface area contributed by atoms with Gasteiger partial charge in [-0.05, 0) is 42.0 Å². The predicted octanol–water partition coefficient (Wildman–Crippen LogP) is 2.78. The maximum Gasteiger partial charge on any atom is 0.387 e. The van der Waals surface area contributed by atoms with Crippen LogP contribution in [0.2, 0.25) is 0 Å². The molecule has 2 N–H and O–H groups in total. The molecular formula is C20H19F2N5O3. The Morgan fingerprint density at radius 3 is 2.63 bits per heavy atom. The van der Waals surface area contributed by atoms with Gasteiger partial charge in [0.25, 0.3) is 5.91 Å². The van der Waals surface area contributed by atoms with Crippen molar-refractivity contribution in [2.45, 2.75) is 12.7 Å². The number of nitrogens with one attached hydrogen (secondary N) is 2. The summed E-state index contributed by atoms with van der Waals surface area (Å²) in [6.45, 7) is -0.623. The van der Waals surface area contributed by atoms with Crippen molar-refractivity contribution in [1.29, 1.82) is 0 Å². The molecule has 2 heterocycles. The summed E-state index contributed by atoms with van der Waals surface area (Å²) in [6, 6.07) is 13.3. The Bertz CT molecular complexity index is 986. The van der Waals surface area contributed by atoms with E-state index in [1.165, 1.54) is 35.1 Å². The first-order valence-corrected chi connectivity index (χ1v) is 9.30. The van der Waals surface area contributed by atoms with Crippen molar-refractivity contribution < 1.29 is 23.0 Å². The zero-order valence-corrected chi connectivity index (χ0v) is 15.8. The predicted molar refractivity (Wildman–Crippen MR) is 104 cm³/mol. The van der Waals surface area contributed by atoms with Crippen LogP contribution in [0.1, 0.15) is 22.2 Å². The Hall–Kier alpha value is -3.37. The lowest BCUT2D eigenvalue weighted by Crippen LogP contribution is -2.33. The second kappa shape index (κ2) is 8.97. The van der Waals surface area contributed by atoms with E-state index in [0.717, 1.165) is 18.7 Å². The second-order valence-electron chi connectivity index (χ2n) is 6.56. The first-order valence-electron chi connectivity index (χ1n) is 9.30. The number of amides is 1. The summed E-state index contributed by atoms with van der Waals surface area (Å²) in [5.74, 6) is -0.382. The Balaban J connectivity index is 1.39. The van der Waals surface area contributed by atoms with Crippen LogP contribution in [-0.4, -0.2) is 47.2 Å². The van der Waals surface area contributed by atoms with Gasteiger partial charge in [0, 0.05) is 18.8 Å². The van der Waals surface area contributed by atoms with Crippen molar-refractivity contribution in [2.75, 3.05) is 25.0 Å². The molecule has 0 aliphatic carbocycles. The summed E-state index contributed by atoms with van der Waals surface area (Å²) in [6.07, 6.45) is 1.45. The molecule has 10 heteroatoms. The van der Waals surface area contributed by atoms with Crippen molar-refractivity contribution in [3.8, 4) is 11.4 Å². The lowest BCUT2D eigenvalue weighted by atomic mass is 10.1. The molecule has 1 aromatic heterocycles. The van der Waals surface area contributed by atoms with Gasteiger partial charge in [0.2, 0.25) is 0 Å². The van der Waals surface area contributed by atoms with Gasteiger partial charge in [-0.1, -0.05) is 17.3 Å². The van der Waals surface area contributed by atoms with E-state index in [-0.39, 0.29) is 17.5 Å². The van der Waals surface area contributed by atoms with Crippen LogP contribution in [-0.2, 0) is 4.74 Å². The van der Waals surface area contributed by atoms with Crippen LogP contribution in [0, 0.1) is 0 Å². The number of anilines is 1. The van der Waals surface area contributed by atoms with Crippen molar-refractivity contribution in [2.24, 2.45) is 0 Å². The van der Waals surface area contributed by atoms with Crippen LogP contribution in [0.4, 0.5) is 14.5 Å². The van der Waals surface area contributed by atoms with Crippen LogP contribution < -0.4 is 15.4 Å². The number of aromatic nitrogens is 3. The van der Waals surface area contributed by atoms with Gasteiger partial charge in [0.15, 0.2) is 5.69 Å². The highest BCUT2D eigenvalue weighted by atomic mass is 19.3. The number of carbonyl (C=O) groups excluding carboxylic acids is 1. The van der Waals surface area contributed by atoms with E-state index in [4.69, 9.17) is 4.74 Å². The number of benzene rings is 2. The third-order valence-corrected chi connectivity index (χ3v) is 4.52. The largest absolute Gasteiger partial charge is 0.435 e. The number of nitrogens with zero attached hydrogens (tertiary/aromatic N) is 3. The molecule has 0 spiro atoms. The van der Waals surface area contributed by atoms with E-state index in [1.54, 1.807) is 12.1 Å². The quantitative estimate of drug-likeness (QED) is 0.644. The zero-order chi connectivity index (χ0) is 20.9. The first-order chi connectivity index (χ1) is 14.6. The van der Waals surface area contributed by atoms with Crippen LogP contribution >= 0.6 is 0 Å². The fraction of sp³-hybridized carbons (Fsp3) is 0.250. The summed E-state index contributed by atoms with van der Waals surface area (Å²) in [5, 5.41) is 13.8. The summed E-state index contributed by atoms with van der Waals surface area (Å²) >= 11 is 0. The van der Waals surface area contributed by atoms with Crippen LogP contribution in [0.15, 0.2) is 54.7 Å². The van der Waals surface area contributed by atoms with Crippen molar-refractivity contribution in [3.05, 3.63) is 66.0 Å². The Morgan fingerprint density at radius 2 is 1.97 bits per heavy atom. The second-order valence-corrected chi connectivity index (χ2v) is 6.56. The fourth-order valence-electron chi connectivity index (χ4n) is 3.03. The summed E-state index contributed by atoms with van der Waals surface area (Å²) in [5.41, 5.74) is 2.32. The number of carbonyl (C=O) groups is 1. The Labute approximate surface area is 170 Å². The molecule has 1 fully saturated rings. The SMILES string of the molecule is O=C(Nc1ccc([C@H]2CNCCO2)cc1)c1cn(-c2ccc(OC(F)F)cc2)nn1. The Morgan fingerprint density at radius 1 is 1.20 bits per heavy atom. The van der Waals surface area contributed by atoms with Crippen molar-refractivity contribution in [3.63, 3.8) is 0 Å². The highest BCUT2D eigenvalue weighted by molar-refractivity contribution is 6.02. The average Bonchev–Trinajstić information content (AvgIpc) is 3.25. The van der Waals surface area contributed by atoms with E-state index >= 15 is 0 Å². The van der Waals surface area contributed by atoms with E-state index in [2.05, 4.69) is 25.7 Å². The van der Waals surface area contributed by atoms with Crippen LogP contribution in [0.5, 0.6) is 5.75 Å². The number of hydrogen-bond acceptors (Lipinski definition) is 6. The van der Waals surface area contributed by atoms with Crippen molar-refractivity contribution >= 4 is 11.6 Å². The summed E-state index contributed by atoms with van der Waals surface area (Å²) in [7, 11) is 0. The molecular weight excluding hydrogens is 396 g/mol. The fourth-order valence-corrected chi connectivity index (χ4v) is 3.03.